The summed E-state index contributed by atoms with van der Waals surface area (Å²) in [6.07, 6.45) is 1.45. The third kappa shape index (κ3) is 4.67. The fourth-order valence-corrected chi connectivity index (χ4v) is 3.96. The van der Waals surface area contributed by atoms with Crippen molar-refractivity contribution in [1.82, 2.24) is 4.98 Å². The Morgan fingerprint density at radius 1 is 1.10 bits per heavy atom. The number of anilines is 2. The first-order chi connectivity index (χ1) is 13.8. The van der Waals surface area contributed by atoms with Gasteiger partial charge in [-0.05, 0) is 42.5 Å². The maximum absolute atomic E-state index is 13.0. The molecule has 3 aromatic rings. The molecule has 1 amide bonds. The minimum atomic E-state index is -3.88. The second kappa shape index (κ2) is 8.50. The number of hydrogen-bond acceptors (Lipinski definition) is 5. The highest BCUT2D eigenvalue weighted by molar-refractivity contribution is 7.92. The molecular weight excluding hydrogens is 414 g/mol. The molecule has 0 saturated carbocycles. The lowest BCUT2D eigenvalue weighted by Gasteiger charge is -2.20. The molecule has 3 rings (SSSR count). The molecular formula is C20H18ClN3O4S. The Bertz CT molecular complexity index is 1130. The minimum absolute atomic E-state index is 0.0134. The fraction of sp³-hybridized carbons (Fsp3) is 0.100. The Morgan fingerprint density at radius 3 is 2.52 bits per heavy atom. The normalized spacial score (nSPS) is 11.0. The Morgan fingerprint density at radius 2 is 1.86 bits per heavy atom. The van der Waals surface area contributed by atoms with Gasteiger partial charge in [0.25, 0.3) is 15.9 Å². The summed E-state index contributed by atoms with van der Waals surface area (Å²) in [5, 5.41) is 3.10. The van der Waals surface area contributed by atoms with Crippen LogP contribution in [-0.2, 0) is 10.0 Å². The summed E-state index contributed by atoms with van der Waals surface area (Å²) in [5.41, 5.74) is 1.07. The fourth-order valence-electron chi connectivity index (χ4n) is 2.54. The van der Waals surface area contributed by atoms with E-state index in [-0.39, 0.29) is 10.5 Å². The molecule has 1 N–H and O–H groups in total. The molecule has 0 aliphatic carbocycles. The third-order valence-electron chi connectivity index (χ3n) is 4.13. The number of aromatic nitrogens is 1. The second-order valence-electron chi connectivity index (χ2n) is 6.02. The van der Waals surface area contributed by atoms with E-state index in [1.54, 1.807) is 36.4 Å². The molecule has 0 bridgehead atoms. The number of carbonyl (C=O) groups is 1. The summed E-state index contributed by atoms with van der Waals surface area (Å²) < 4.78 is 32.0. The van der Waals surface area contributed by atoms with Gasteiger partial charge in [0.1, 0.15) is 0 Å². The van der Waals surface area contributed by atoms with Gasteiger partial charge in [0.05, 0.1) is 29.6 Å². The Kier molecular flexibility index (Phi) is 6.05. The highest BCUT2D eigenvalue weighted by Crippen LogP contribution is 2.25. The number of sulfonamides is 1. The average Bonchev–Trinajstić information content (AvgIpc) is 2.73. The quantitative estimate of drug-likeness (QED) is 0.640. The van der Waals surface area contributed by atoms with Crippen LogP contribution in [0.25, 0.3) is 0 Å². The van der Waals surface area contributed by atoms with E-state index in [2.05, 4.69) is 10.3 Å². The number of ether oxygens (including phenoxy) is 1. The molecule has 0 aliphatic rings. The van der Waals surface area contributed by atoms with Gasteiger partial charge < -0.3 is 10.1 Å². The van der Waals surface area contributed by atoms with Crippen LogP contribution in [0.3, 0.4) is 0 Å². The number of rotatable bonds is 6. The molecule has 1 aromatic heterocycles. The van der Waals surface area contributed by atoms with E-state index in [0.717, 1.165) is 4.31 Å². The predicted molar refractivity (Wildman–Crippen MR) is 112 cm³/mol. The lowest BCUT2D eigenvalue weighted by molar-refractivity contribution is 0.102. The van der Waals surface area contributed by atoms with Crippen molar-refractivity contribution in [1.29, 1.82) is 0 Å². The number of pyridine rings is 1. The maximum Gasteiger partial charge on any atom is 0.264 e. The van der Waals surface area contributed by atoms with Crippen molar-refractivity contribution in [3.05, 3.63) is 77.4 Å². The highest BCUT2D eigenvalue weighted by Gasteiger charge is 2.22. The smallest absolute Gasteiger partial charge is 0.264 e. The van der Waals surface area contributed by atoms with Crippen LogP contribution in [0.4, 0.5) is 11.4 Å². The number of nitrogens with zero attached hydrogens (tertiary/aromatic N) is 2. The van der Waals surface area contributed by atoms with Crippen LogP contribution in [0.15, 0.2) is 71.8 Å². The molecule has 29 heavy (non-hydrogen) atoms. The molecule has 0 fully saturated rings. The van der Waals surface area contributed by atoms with E-state index in [4.69, 9.17) is 16.3 Å². The van der Waals surface area contributed by atoms with E-state index in [0.29, 0.717) is 22.3 Å². The van der Waals surface area contributed by atoms with Gasteiger partial charge in [-0.25, -0.2) is 13.4 Å². The van der Waals surface area contributed by atoms with Crippen LogP contribution in [0.2, 0.25) is 5.02 Å². The van der Waals surface area contributed by atoms with E-state index in [1.165, 1.54) is 44.6 Å². The molecule has 0 radical (unpaired) electrons. The number of nitrogens with one attached hydrogen (secondary N) is 1. The van der Waals surface area contributed by atoms with Crippen molar-refractivity contribution in [3.8, 4) is 5.88 Å². The zero-order valence-corrected chi connectivity index (χ0v) is 17.2. The minimum Gasteiger partial charge on any atom is -0.481 e. The number of carbonyl (C=O) groups excluding carboxylic acids is 1. The van der Waals surface area contributed by atoms with Crippen molar-refractivity contribution < 1.29 is 17.9 Å². The van der Waals surface area contributed by atoms with Gasteiger partial charge >= 0.3 is 0 Å². The first-order valence-electron chi connectivity index (χ1n) is 8.47. The standard InChI is InChI=1S/C20H18ClN3O4S/c1-24(17-7-4-6-15(21)12-17)29(26,27)18-8-3-5-14(11-18)20(25)23-16-9-10-19(28-2)22-13-16/h3-13H,1-2H3,(H,23,25). The molecule has 2 aromatic carbocycles. The number of halogens is 1. The van der Waals surface area contributed by atoms with Crippen LogP contribution < -0.4 is 14.4 Å². The summed E-state index contributed by atoms with van der Waals surface area (Å²) in [6, 6.07) is 15.5. The molecule has 7 nitrogen and oxygen atoms in total. The summed E-state index contributed by atoms with van der Waals surface area (Å²) in [7, 11) is -0.961. The molecule has 0 unspecified atom stereocenters. The van der Waals surface area contributed by atoms with Crippen molar-refractivity contribution in [2.24, 2.45) is 0 Å². The van der Waals surface area contributed by atoms with Gasteiger partial charge in [-0.1, -0.05) is 23.7 Å². The number of hydrogen-bond donors (Lipinski definition) is 1. The molecule has 0 atom stereocenters. The van der Waals surface area contributed by atoms with Crippen LogP contribution in [0.5, 0.6) is 5.88 Å². The molecule has 150 valence electrons. The van der Waals surface area contributed by atoms with E-state index in [1.807, 2.05) is 0 Å². The van der Waals surface area contributed by atoms with Gasteiger partial charge in [0.2, 0.25) is 5.88 Å². The summed E-state index contributed by atoms with van der Waals surface area (Å²) in [6.45, 7) is 0. The summed E-state index contributed by atoms with van der Waals surface area (Å²) in [5.74, 6) is -0.0421. The van der Waals surface area contributed by atoms with Crippen LogP contribution in [0, 0.1) is 0 Å². The first-order valence-corrected chi connectivity index (χ1v) is 10.3. The van der Waals surface area contributed by atoms with E-state index < -0.39 is 15.9 Å². The maximum atomic E-state index is 13.0. The van der Waals surface area contributed by atoms with Crippen molar-refractivity contribution >= 4 is 38.9 Å². The van der Waals surface area contributed by atoms with Crippen molar-refractivity contribution in [2.75, 3.05) is 23.8 Å². The van der Waals surface area contributed by atoms with Gasteiger partial charge in [-0.3, -0.25) is 9.10 Å². The Hall–Kier alpha value is -3.10. The molecule has 1 heterocycles. The van der Waals surface area contributed by atoms with Gasteiger partial charge in [0, 0.05) is 23.7 Å². The summed E-state index contributed by atoms with van der Waals surface area (Å²) in [4.78, 5) is 16.5. The lowest BCUT2D eigenvalue weighted by Crippen LogP contribution is -2.26. The third-order valence-corrected chi connectivity index (χ3v) is 6.15. The average molecular weight is 432 g/mol. The van der Waals surface area contributed by atoms with Crippen molar-refractivity contribution in [3.63, 3.8) is 0 Å². The highest BCUT2D eigenvalue weighted by atomic mass is 35.5. The number of amides is 1. The van der Waals surface area contributed by atoms with Crippen LogP contribution >= 0.6 is 11.6 Å². The second-order valence-corrected chi connectivity index (χ2v) is 8.43. The van der Waals surface area contributed by atoms with Crippen LogP contribution in [-0.4, -0.2) is 33.5 Å². The molecule has 0 saturated heterocycles. The predicted octanol–water partition coefficient (Wildman–Crippen LogP) is 3.82. The largest absolute Gasteiger partial charge is 0.481 e. The summed E-state index contributed by atoms with van der Waals surface area (Å²) >= 11 is 5.96. The molecule has 0 aliphatic heterocycles. The monoisotopic (exact) mass is 431 g/mol. The van der Waals surface area contributed by atoms with E-state index >= 15 is 0 Å². The SMILES string of the molecule is COc1ccc(NC(=O)c2cccc(S(=O)(=O)N(C)c3cccc(Cl)c3)c2)cn1. The van der Waals surface area contributed by atoms with Gasteiger partial charge in [-0.2, -0.15) is 0 Å². The van der Waals surface area contributed by atoms with Crippen molar-refractivity contribution in [2.45, 2.75) is 4.90 Å². The topological polar surface area (TPSA) is 88.6 Å². The van der Waals surface area contributed by atoms with Gasteiger partial charge in [-0.15, -0.1) is 0 Å². The zero-order chi connectivity index (χ0) is 21.0. The molecule has 0 spiro atoms. The van der Waals surface area contributed by atoms with Gasteiger partial charge in [0.15, 0.2) is 0 Å². The lowest BCUT2D eigenvalue weighted by atomic mass is 10.2. The number of benzene rings is 2. The van der Waals surface area contributed by atoms with E-state index in [9.17, 15) is 13.2 Å². The zero-order valence-electron chi connectivity index (χ0n) is 15.7. The Labute approximate surface area is 174 Å². The molecule has 9 heteroatoms. The van der Waals surface area contributed by atoms with Crippen LogP contribution in [0.1, 0.15) is 10.4 Å². The Balaban J connectivity index is 1.84. The first kappa shape index (κ1) is 20.6. The number of methoxy groups -OCH3 is 1.